The van der Waals surface area contributed by atoms with Crippen LogP contribution < -0.4 is 5.32 Å². The topological polar surface area (TPSA) is 38.1 Å². The third kappa shape index (κ3) is 1.62. The molecule has 0 aliphatic carbocycles. The number of oxazole rings is 1. The van der Waals surface area contributed by atoms with E-state index in [0.717, 1.165) is 30.0 Å². The van der Waals surface area contributed by atoms with E-state index >= 15 is 0 Å². The Morgan fingerprint density at radius 2 is 2.40 bits per heavy atom. The minimum atomic E-state index is 0.274. The number of hydrogen-bond donors (Lipinski definition) is 1. The minimum Gasteiger partial charge on any atom is -0.439 e. The molecule has 0 bridgehead atoms. The van der Waals surface area contributed by atoms with Crippen LogP contribution in [0.2, 0.25) is 5.02 Å². The van der Waals surface area contributed by atoms with Gasteiger partial charge >= 0.3 is 0 Å². The first-order valence-corrected chi connectivity index (χ1v) is 5.50. The highest BCUT2D eigenvalue weighted by Crippen LogP contribution is 2.27. The first kappa shape index (κ1) is 9.19. The fourth-order valence-electron chi connectivity index (χ4n) is 1.96. The predicted molar refractivity (Wildman–Crippen MR) is 59.0 cm³/mol. The summed E-state index contributed by atoms with van der Waals surface area (Å²) in [5, 5.41) is 4.06. The summed E-state index contributed by atoms with van der Waals surface area (Å²) in [6, 6.07) is 5.79. The van der Waals surface area contributed by atoms with Crippen LogP contribution in [0.3, 0.4) is 0 Å². The van der Waals surface area contributed by atoms with Gasteiger partial charge in [0.2, 0.25) is 5.89 Å². The molecule has 0 radical (unpaired) electrons. The third-order valence-corrected chi connectivity index (χ3v) is 2.96. The van der Waals surface area contributed by atoms with Gasteiger partial charge in [-0.2, -0.15) is 0 Å². The first-order chi connectivity index (χ1) is 7.33. The molecule has 1 aromatic carbocycles. The number of benzene rings is 1. The molecule has 15 heavy (non-hydrogen) atoms. The standard InChI is InChI=1S/C11H11ClN2O/c12-7-3-4-10-9(6-7)14-11(15-10)8-2-1-5-13-8/h3-4,6,8,13H,1-2,5H2. The Morgan fingerprint density at radius 1 is 1.47 bits per heavy atom. The van der Waals surface area contributed by atoms with E-state index < -0.39 is 0 Å². The predicted octanol–water partition coefficient (Wildman–Crippen LogP) is 2.91. The van der Waals surface area contributed by atoms with Crippen molar-refractivity contribution in [3.63, 3.8) is 0 Å². The molecule has 3 nitrogen and oxygen atoms in total. The fourth-order valence-corrected chi connectivity index (χ4v) is 2.13. The van der Waals surface area contributed by atoms with Crippen LogP contribution in [0.15, 0.2) is 22.6 Å². The van der Waals surface area contributed by atoms with Gasteiger partial charge in [-0.25, -0.2) is 4.98 Å². The summed E-state index contributed by atoms with van der Waals surface area (Å²) in [5.41, 5.74) is 1.65. The monoisotopic (exact) mass is 222 g/mol. The maximum absolute atomic E-state index is 5.89. The molecule has 4 heteroatoms. The van der Waals surface area contributed by atoms with Crippen molar-refractivity contribution in [3.8, 4) is 0 Å². The molecule has 1 unspecified atom stereocenters. The van der Waals surface area contributed by atoms with Gasteiger partial charge in [0.05, 0.1) is 6.04 Å². The summed E-state index contributed by atoms with van der Waals surface area (Å²) in [6.07, 6.45) is 2.28. The number of nitrogens with zero attached hydrogens (tertiary/aromatic N) is 1. The van der Waals surface area contributed by atoms with Crippen LogP contribution in [0.5, 0.6) is 0 Å². The number of aromatic nitrogens is 1. The normalized spacial score (nSPS) is 21.3. The molecule has 0 spiro atoms. The SMILES string of the molecule is Clc1ccc2oc(C3CCCN3)nc2c1. The molecule has 1 atom stereocenters. The Bertz CT molecular complexity index is 488. The van der Waals surface area contributed by atoms with E-state index in [0.29, 0.717) is 5.02 Å². The smallest absolute Gasteiger partial charge is 0.212 e. The molecule has 78 valence electrons. The summed E-state index contributed by atoms with van der Waals surface area (Å²) in [6.45, 7) is 1.05. The first-order valence-electron chi connectivity index (χ1n) is 5.12. The third-order valence-electron chi connectivity index (χ3n) is 2.72. The van der Waals surface area contributed by atoms with Crippen molar-refractivity contribution in [2.75, 3.05) is 6.54 Å². The molecule has 1 fully saturated rings. The van der Waals surface area contributed by atoms with Crippen molar-refractivity contribution in [3.05, 3.63) is 29.1 Å². The van der Waals surface area contributed by atoms with Gasteiger partial charge in [0, 0.05) is 5.02 Å². The highest BCUT2D eigenvalue weighted by Gasteiger charge is 2.21. The molecule has 0 amide bonds. The Labute approximate surface area is 92.4 Å². The zero-order valence-corrected chi connectivity index (χ0v) is 8.92. The lowest BCUT2D eigenvalue weighted by Crippen LogP contribution is -2.12. The molecule has 1 saturated heterocycles. The second-order valence-corrected chi connectivity index (χ2v) is 4.25. The lowest BCUT2D eigenvalue weighted by molar-refractivity contribution is 0.452. The van der Waals surface area contributed by atoms with E-state index in [2.05, 4.69) is 10.3 Å². The van der Waals surface area contributed by atoms with Crippen LogP contribution in [0.4, 0.5) is 0 Å². The lowest BCUT2D eigenvalue weighted by atomic mass is 10.2. The van der Waals surface area contributed by atoms with Gasteiger partial charge in [-0.3, -0.25) is 0 Å². The van der Waals surface area contributed by atoms with E-state index in [1.807, 2.05) is 18.2 Å². The van der Waals surface area contributed by atoms with Crippen LogP contribution >= 0.6 is 11.6 Å². The maximum atomic E-state index is 5.89. The van der Waals surface area contributed by atoms with Crippen molar-refractivity contribution in [2.45, 2.75) is 18.9 Å². The second kappa shape index (κ2) is 3.51. The van der Waals surface area contributed by atoms with Crippen molar-refractivity contribution in [1.29, 1.82) is 0 Å². The average Bonchev–Trinajstić information content (AvgIpc) is 2.84. The van der Waals surface area contributed by atoms with E-state index in [1.165, 1.54) is 6.42 Å². The summed E-state index contributed by atoms with van der Waals surface area (Å²) in [5.74, 6) is 0.782. The Hall–Kier alpha value is -1.06. The van der Waals surface area contributed by atoms with Gasteiger partial charge in [0.1, 0.15) is 5.52 Å². The quantitative estimate of drug-likeness (QED) is 0.806. The molecule has 1 N–H and O–H groups in total. The number of nitrogens with one attached hydrogen (secondary N) is 1. The molecule has 0 saturated carbocycles. The highest BCUT2D eigenvalue weighted by molar-refractivity contribution is 6.31. The van der Waals surface area contributed by atoms with Gasteiger partial charge in [-0.1, -0.05) is 11.6 Å². The van der Waals surface area contributed by atoms with Crippen molar-refractivity contribution < 1.29 is 4.42 Å². The van der Waals surface area contributed by atoms with Gasteiger partial charge in [0.25, 0.3) is 0 Å². The summed E-state index contributed by atoms with van der Waals surface area (Å²) in [7, 11) is 0. The van der Waals surface area contributed by atoms with E-state index in [1.54, 1.807) is 0 Å². The molecule has 3 rings (SSSR count). The molecule has 1 aromatic heterocycles. The second-order valence-electron chi connectivity index (χ2n) is 3.81. The number of fused-ring (bicyclic) bond motifs is 1. The van der Waals surface area contributed by atoms with Crippen LogP contribution in [-0.4, -0.2) is 11.5 Å². The number of rotatable bonds is 1. The van der Waals surface area contributed by atoms with Crippen LogP contribution in [-0.2, 0) is 0 Å². The van der Waals surface area contributed by atoms with E-state index in [-0.39, 0.29) is 6.04 Å². The van der Waals surface area contributed by atoms with Crippen molar-refractivity contribution in [2.24, 2.45) is 0 Å². The molecular weight excluding hydrogens is 212 g/mol. The van der Waals surface area contributed by atoms with Gasteiger partial charge in [-0.05, 0) is 37.6 Å². The van der Waals surface area contributed by atoms with E-state index in [9.17, 15) is 0 Å². The number of halogens is 1. The Kier molecular flexibility index (Phi) is 2.15. The van der Waals surface area contributed by atoms with Crippen LogP contribution in [0, 0.1) is 0 Å². The summed E-state index contributed by atoms with van der Waals surface area (Å²) < 4.78 is 5.67. The zero-order chi connectivity index (χ0) is 10.3. The number of hydrogen-bond acceptors (Lipinski definition) is 3. The van der Waals surface area contributed by atoms with Crippen molar-refractivity contribution in [1.82, 2.24) is 10.3 Å². The summed E-state index contributed by atoms with van der Waals surface area (Å²) >= 11 is 5.89. The average molecular weight is 223 g/mol. The molecule has 2 heterocycles. The zero-order valence-electron chi connectivity index (χ0n) is 8.16. The maximum Gasteiger partial charge on any atom is 0.212 e. The Morgan fingerprint density at radius 3 is 3.20 bits per heavy atom. The molecular formula is C11H11ClN2O. The minimum absolute atomic E-state index is 0.274. The van der Waals surface area contributed by atoms with Crippen LogP contribution in [0.1, 0.15) is 24.8 Å². The van der Waals surface area contributed by atoms with Gasteiger partial charge in [0.15, 0.2) is 5.58 Å². The van der Waals surface area contributed by atoms with E-state index in [4.69, 9.17) is 16.0 Å². The van der Waals surface area contributed by atoms with Crippen LogP contribution in [0.25, 0.3) is 11.1 Å². The molecule has 1 aliphatic rings. The van der Waals surface area contributed by atoms with Gasteiger partial charge < -0.3 is 9.73 Å². The highest BCUT2D eigenvalue weighted by atomic mass is 35.5. The molecule has 2 aromatic rings. The molecule has 1 aliphatic heterocycles. The summed E-state index contributed by atoms with van der Waals surface area (Å²) in [4.78, 5) is 4.44. The van der Waals surface area contributed by atoms with Gasteiger partial charge in [-0.15, -0.1) is 0 Å². The largest absolute Gasteiger partial charge is 0.439 e. The Balaban J connectivity index is 2.05. The van der Waals surface area contributed by atoms with Crippen molar-refractivity contribution >= 4 is 22.7 Å². The fraction of sp³-hybridized carbons (Fsp3) is 0.364. The lowest BCUT2D eigenvalue weighted by Gasteiger charge is -2.02.